The fraction of sp³-hybridized carbons (Fsp3) is 1.00. The van der Waals surface area contributed by atoms with E-state index in [0.717, 1.165) is 0 Å². The molecule has 0 bridgehead atoms. The molecule has 0 aromatic heterocycles. The summed E-state index contributed by atoms with van der Waals surface area (Å²) in [6.07, 6.45) is -3.67. The summed E-state index contributed by atoms with van der Waals surface area (Å²) < 4.78 is 0. The molecule has 23 heavy (non-hydrogen) atoms. The SMILES string of the molecule is OC(O)CC(O)O.[NH2-].[NH2-].[NH2-].[NH2-].[NH2-].[NH2-].[NH2-].[NH2-].[NH2-].[NH2-].[NH2-].[NH2-].[Rh+3].[Rh+3].[Rh+3].[Rh+3]. The van der Waals surface area contributed by atoms with Crippen molar-refractivity contribution in [3.05, 3.63) is 73.8 Å². The van der Waals surface area contributed by atoms with Crippen molar-refractivity contribution < 1.29 is 98.3 Å². The Balaban J connectivity index is -0.00000000150. The molecule has 0 aliphatic rings. The maximum Gasteiger partial charge on any atom is 3.00 e. The molecule has 0 spiro atoms. The summed E-state index contributed by atoms with van der Waals surface area (Å²) in [4.78, 5) is 0. The quantitative estimate of drug-likeness (QED) is 0.182. The molecule has 0 aliphatic carbocycles. The summed E-state index contributed by atoms with van der Waals surface area (Å²) in [6.45, 7) is 0. The molecule has 20 heteroatoms. The first kappa shape index (κ1) is 229. The van der Waals surface area contributed by atoms with E-state index in [1.807, 2.05) is 0 Å². The number of hydrogen-bond acceptors (Lipinski definition) is 4. The molecular formula is C3H32N12O4Rh4. The molecule has 16 nitrogen and oxygen atoms in total. The second kappa shape index (κ2) is 159. The molecular weight excluding hydrogens is 680 g/mol. The Kier molecular flexibility index (Phi) is 1580. The van der Waals surface area contributed by atoms with Crippen molar-refractivity contribution in [3.63, 3.8) is 0 Å². The van der Waals surface area contributed by atoms with Crippen LogP contribution in [-0.2, 0) is 77.9 Å². The van der Waals surface area contributed by atoms with Crippen LogP contribution >= 0.6 is 0 Å². The first-order chi connectivity index (χ1) is 3.13. The predicted octanol–water partition coefficient (Wildman–Crippen LogP) is 6.59. The van der Waals surface area contributed by atoms with E-state index in [9.17, 15) is 0 Å². The van der Waals surface area contributed by atoms with Gasteiger partial charge in [0.25, 0.3) is 0 Å². The molecule has 0 rings (SSSR count). The first-order valence-electron chi connectivity index (χ1n) is 1.85. The molecule has 0 radical (unpaired) electrons. The molecule has 0 amide bonds. The molecule has 0 atom stereocenters. The summed E-state index contributed by atoms with van der Waals surface area (Å²) in [5, 5.41) is 31.8. The van der Waals surface area contributed by atoms with Crippen molar-refractivity contribution in [2.75, 3.05) is 0 Å². The van der Waals surface area contributed by atoms with Crippen LogP contribution in [0, 0.1) is 0 Å². The van der Waals surface area contributed by atoms with E-state index in [2.05, 4.69) is 0 Å². The first-order valence-corrected chi connectivity index (χ1v) is 1.85. The minimum absolute atomic E-state index is 0. The zero-order chi connectivity index (χ0) is 5.86. The average Bonchev–Trinajstić information content (AvgIpc) is 1.27. The van der Waals surface area contributed by atoms with Gasteiger partial charge in [-0.05, 0) is 0 Å². The molecule has 0 heterocycles. The average molecular weight is 712 g/mol. The molecule has 0 fully saturated rings. The standard InChI is InChI=1S/C3H8O4.12H2N.4Rh/c4-2(5)1-3(6)7;;;;;;;;;;;;;;;;/h2-7H,1H2;12*1H2;;;;/q;12*-1;4*+3. The Morgan fingerprint density at radius 1 is 0.348 bits per heavy atom. The third-order valence-electron chi connectivity index (χ3n) is 0.422. The van der Waals surface area contributed by atoms with Crippen LogP contribution in [0.3, 0.4) is 0 Å². The van der Waals surface area contributed by atoms with Gasteiger partial charge >= 0.3 is 77.9 Å². The van der Waals surface area contributed by atoms with Gasteiger partial charge in [-0.25, -0.2) is 0 Å². The summed E-state index contributed by atoms with van der Waals surface area (Å²) in [6, 6.07) is 0. The number of hydrogen-bond donors (Lipinski definition) is 4. The van der Waals surface area contributed by atoms with E-state index in [4.69, 9.17) is 20.4 Å². The van der Waals surface area contributed by atoms with Gasteiger partial charge in [0.05, 0.1) is 0 Å². The maximum atomic E-state index is 7.96. The fourth-order valence-electron chi connectivity index (χ4n) is 0.189. The van der Waals surface area contributed by atoms with Gasteiger partial charge in [0.15, 0.2) is 12.6 Å². The van der Waals surface area contributed by atoms with Gasteiger partial charge in [-0.15, -0.1) is 0 Å². The van der Waals surface area contributed by atoms with Gasteiger partial charge in [-0.1, -0.05) is 0 Å². The fourth-order valence-corrected chi connectivity index (χ4v) is 0.189. The molecule has 0 aromatic rings. The van der Waals surface area contributed by atoms with Crippen LogP contribution in [0.4, 0.5) is 0 Å². The van der Waals surface area contributed by atoms with E-state index in [0.29, 0.717) is 0 Å². The molecule has 0 aromatic carbocycles. The molecule has 28 N–H and O–H groups in total. The Bertz CT molecular complexity index is 69.6. The summed E-state index contributed by atoms with van der Waals surface area (Å²) in [5.74, 6) is 0. The van der Waals surface area contributed by atoms with Gasteiger partial charge in [0.1, 0.15) is 0 Å². The second-order valence-corrected chi connectivity index (χ2v) is 1.20. The van der Waals surface area contributed by atoms with Gasteiger partial charge in [0.2, 0.25) is 0 Å². The smallest absolute Gasteiger partial charge is 0.693 e. The van der Waals surface area contributed by atoms with Crippen molar-refractivity contribution in [1.29, 1.82) is 0 Å². The minimum Gasteiger partial charge on any atom is -0.693 e. The van der Waals surface area contributed by atoms with Crippen LogP contribution in [0.5, 0.6) is 0 Å². The number of rotatable bonds is 2. The zero-order valence-electron chi connectivity index (χ0n) is 11.9. The van der Waals surface area contributed by atoms with Crippen molar-refractivity contribution in [2.45, 2.75) is 19.0 Å². The monoisotopic (exact) mass is 712 g/mol. The maximum absolute atomic E-state index is 7.96. The molecule has 0 unspecified atom stereocenters. The summed E-state index contributed by atoms with van der Waals surface area (Å²) >= 11 is 0. The number of nitrogens with two attached hydrogens (primary N) is 12. The van der Waals surface area contributed by atoms with Crippen LogP contribution in [0.2, 0.25) is 0 Å². The second-order valence-electron chi connectivity index (χ2n) is 1.20. The number of aliphatic hydroxyl groups excluding tert-OH is 2. The molecule has 0 aliphatic heterocycles. The van der Waals surface area contributed by atoms with Gasteiger partial charge < -0.3 is 94.2 Å². The van der Waals surface area contributed by atoms with Crippen molar-refractivity contribution >= 4 is 0 Å². The van der Waals surface area contributed by atoms with E-state index in [1.54, 1.807) is 0 Å². The summed E-state index contributed by atoms with van der Waals surface area (Å²) in [5.41, 5.74) is 0. The van der Waals surface area contributed by atoms with E-state index in [1.165, 1.54) is 0 Å². The van der Waals surface area contributed by atoms with Crippen molar-refractivity contribution in [1.82, 2.24) is 0 Å². The van der Waals surface area contributed by atoms with Gasteiger partial charge in [0, 0.05) is 6.42 Å². The minimum atomic E-state index is -1.63. The Morgan fingerprint density at radius 3 is 0.435 bits per heavy atom. The van der Waals surface area contributed by atoms with Crippen LogP contribution in [0.25, 0.3) is 73.8 Å². The van der Waals surface area contributed by atoms with Gasteiger partial charge in [-0.3, -0.25) is 0 Å². The van der Waals surface area contributed by atoms with Crippen LogP contribution in [0.15, 0.2) is 0 Å². The van der Waals surface area contributed by atoms with Crippen LogP contribution in [-0.4, -0.2) is 33.0 Å². The van der Waals surface area contributed by atoms with Crippen molar-refractivity contribution in [3.8, 4) is 0 Å². The normalized spacial score (nSPS) is 3.39. The zero-order valence-corrected chi connectivity index (χ0v) is 18.5. The topological polar surface area (TPSA) is 483 Å². The van der Waals surface area contributed by atoms with E-state index in [-0.39, 0.29) is 152 Å². The largest absolute Gasteiger partial charge is 3.00 e. The van der Waals surface area contributed by atoms with Gasteiger partial charge in [-0.2, -0.15) is 0 Å². The Hall–Kier alpha value is 1.85. The Morgan fingerprint density at radius 2 is 0.435 bits per heavy atom. The van der Waals surface area contributed by atoms with E-state index >= 15 is 0 Å². The van der Waals surface area contributed by atoms with Crippen molar-refractivity contribution in [2.24, 2.45) is 0 Å². The number of aliphatic hydroxyl groups is 4. The molecule has 0 saturated heterocycles. The molecule has 164 valence electrons. The van der Waals surface area contributed by atoms with Crippen LogP contribution < -0.4 is 0 Å². The Labute approximate surface area is 190 Å². The summed E-state index contributed by atoms with van der Waals surface area (Å²) in [7, 11) is 0. The third kappa shape index (κ3) is 332. The van der Waals surface area contributed by atoms with E-state index < -0.39 is 19.0 Å². The van der Waals surface area contributed by atoms with Crippen LogP contribution in [0.1, 0.15) is 6.42 Å². The predicted molar refractivity (Wildman–Crippen MR) is 84.5 cm³/mol. The third-order valence-corrected chi connectivity index (χ3v) is 0.422. The molecule has 0 saturated carbocycles.